The van der Waals surface area contributed by atoms with Crippen LogP contribution in [-0.2, 0) is 4.74 Å². The van der Waals surface area contributed by atoms with Gasteiger partial charge in [0.25, 0.3) is 0 Å². The lowest BCUT2D eigenvalue weighted by Gasteiger charge is -2.25. The molecule has 0 heterocycles. The Morgan fingerprint density at radius 2 is 1.54 bits per heavy atom. The first-order valence-electron chi connectivity index (χ1n) is 7.66. The van der Waals surface area contributed by atoms with Crippen molar-refractivity contribution in [3.63, 3.8) is 0 Å². The number of phenolic OH excluding ortho intramolecular Hbond substituents is 1. The smallest absolute Gasteiger partial charge is 0.342 e. The molecule has 1 N–H and O–H groups in total. The van der Waals surface area contributed by atoms with Gasteiger partial charge in [-0.05, 0) is 30.7 Å². The van der Waals surface area contributed by atoms with Crippen molar-refractivity contribution in [1.29, 1.82) is 0 Å². The van der Waals surface area contributed by atoms with Crippen LogP contribution in [0.1, 0.15) is 47.8 Å². The van der Waals surface area contributed by atoms with E-state index in [2.05, 4.69) is 0 Å². The minimum absolute atomic E-state index is 0.00222. The molecular formula is C19H16O7. The second kappa shape index (κ2) is 6.18. The Labute approximate surface area is 149 Å². The van der Waals surface area contributed by atoms with Crippen LogP contribution in [0.5, 0.6) is 17.2 Å². The first kappa shape index (κ1) is 17.5. The summed E-state index contributed by atoms with van der Waals surface area (Å²) in [6.07, 6.45) is 0. The Hall–Kier alpha value is -3.35. The fraction of sp³-hybridized carbons (Fsp3) is 0.211. The van der Waals surface area contributed by atoms with Crippen molar-refractivity contribution in [1.82, 2.24) is 0 Å². The first-order chi connectivity index (χ1) is 12.4. The van der Waals surface area contributed by atoms with Gasteiger partial charge >= 0.3 is 5.97 Å². The van der Waals surface area contributed by atoms with E-state index in [0.717, 1.165) is 0 Å². The van der Waals surface area contributed by atoms with Crippen molar-refractivity contribution in [3.8, 4) is 17.2 Å². The Kier molecular flexibility index (Phi) is 4.15. The van der Waals surface area contributed by atoms with Crippen LogP contribution in [0.2, 0.25) is 0 Å². The fourth-order valence-corrected chi connectivity index (χ4v) is 3.25. The Morgan fingerprint density at radius 1 is 0.923 bits per heavy atom. The number of hydrogen-bond donors (Lipinski definition) is 1. The Balaban J connectivity index is 2.46. The lowest BCUT2D eigenvalue weighted by atomic mass is 9.79. The molecule has 7 heteroatoms. The third kappa shape index (κ3) is 2.24. The van der Waals surface area contributed by atoms with Crippen LogP contribution in [0.15, 0.2) is 18.2 Å². The molecule has 0 bridgehead atoms. The van der Waals surface area contributed by atoms with Crippen LogP contribution in [0.3, 0.4) is 0 Å². The molecule has 2 aromatic carbocycles. The monoisotopic (exact) mass is 356 g/mol. The van der Waals surface area contributed by atoms with Gasteiger partial charge in [-0.3, -0.25) is 9.59 Å². The zero-order valence-corrected chi connectivity index (χ0v) is 14.6. The molecule has 0 saturated carbocycles. The molecule has 0 radical (unpaired) electrons. The molecule has 0 atom stereocenters. The number of carbonyl (C=O) groups is 3. The van der Waals surface area contributed by atoms with Crippen molar-refractivity contribution >= 4 is 17.5 Å². The Bertz CT molecular complexity index is 973. The minimum atomic E-state index is -0.711. The van der Waals surface area contributed by atoms with Crippen molar-refractivity contribution in [2.45, 2.75) is 6.92 Å². The van der Waals surface area contributed by atoms with E-state index in [9.17, 15) is 19.5 Å². The molecule has 0 aliphatic heterocycles. The number of rotatable bonds is 3. The summed E-state index contributed by atoms with van der Waals surface area (Å²) in [5.41, 5.74) is 0.555. The quantitative estimate of drug-likeness (QED) is 0.719. The van der Waals surface area contributed by atoms with Crippen molar-refractivity contribution in [3.05, 3.63) is 51.6 Å². The number of carbonyl (C=O) groups excluding carboxylic acids is 3. The van der Waals surface area contributed by atoms with Crippen molar-refractivity contribution < 1.29 is 33.7 Å². The molecule has 0 fully saturated rings. The van der Waals surface area contributed by atoms with Gasteiger partial charge < -0.3 is 19.3 Å². The zero-order chi connectivity index (χ0) is 19.2. The first-order valence-corrected chi connectivity index (χ1v) is 7.66. The molecule has 0 aromatic heterocycles. The van der Waals surface area contributed by atoms with E-state index in [1.54, 1.807) is 6.92 Å². The normalized spacial score (nSPS) is 12.3. The maximum atomic E-state index is 13.0. The maximum Gasteiger partial charge on any atom is 0.342 e. The number of benzene rings is 2. The van der Waals surface area contributed by atoms with Crippen LogP contribution in [0, 0.1) is 6.92 Å². The summed E-state index contributed by atoms with van der Waals surface area (Å²) in [6, 6.07) is 3.93. The average Bonchev–Trinajstić information content (AvgIpc) is 2.64. The lowest BCUT2D eigenvalue weighted by molar-refractivity contribution is 0.0595. The molecular weight excluding hydrogens is 340 g/mol. The number of ketones is 2. The van der Waals surface area contributed by atoms with Crippen LogP contribution in [-0.4, -0.2) is 44.0 Å². The predicted molar refractivity (Wildman–Crippen MR) is 90.6 cm³/mol. The van der Waals surface area contributed by atoms with E-state index in [1.807, 2.05) is 0 Å². The van der Waals surface area contributed by atoms with Gasteiger partial charge in [-0.25, -0.2) is 4.79 Å². The summed E-state index contributed by atoms with van der Waals surface area (Å²) < 4.78 is 15.4. The summed E-state index contributed by atoms with van der Waals surface area (Å²) in [7, 11) is 3.84. The number of fused-ring (bicyclic) bond motifs is 2. The average molecular weight is 356 g/mol. The molecule has 7 nitrogen and oxygen atoms in total. The highest BCUT2D eigenvalue weighted by Gasteiger charge is 2.39. The second-order valence-electron chi connectivity index (χ2n) is 5.70. The lowest BCUT2D eigenvalue weighted by Crippen LogP contribution is -2.25. The summed E-state index contributed by atoms with van der Waals surface area (Å²) in [4.78, 5) is 38.3. The van der Waals surface area contributed by atoms with E-state index in [0.29, 0.717) is 0 Å². The van der Waals surface area contributed by atoms with Gasteiger partial charge in [0.2, 0.25) is 0 Å². The van der Waals surface area contributed by atoms with Gasteiger partial charge in [0.1, 0.15) is 11.3 Å². The third-order valence-electron chi connectivity index (χ3n) is 4.40. The van der Waals surface area contributed by atoms with E-state index >= 15 is 0 Å². The maximum absolute atomic E-state index is 13.0. The number of methoxy groups -OCH3 is 3. The van der Waals surface area contributed by atoms with Gasteiger partial charge in [-0.1, -0.05) is 0 Å². The van der Waals surface area contributed by atoms with Crippen molar-refractivity contribution in [2.24, 2.45) is 0 Å². The highest BCUT2D eigenvalue weighted by molar-refractivity contribution is 6.31. The third-order valence-corrected chi connectivity index (χ3v) is 4.40. The second-order valence-corrected chi connectivity index (χ2v) is 5.70. The molecule has 1 aliphatic carbocycles. The fourth-order valence-electron chi connectivity index (χ4n) is 3.25. The number of ether oxygens (including phenoxy) is 3. The predicted octanol–water partition coefficient (Wildman–Crippen LogP) is 2.28. The molecule has 2 aromatic rings. The molecule has 0 saturated heterocycles. The molecule has 1 aliphatic rings. The number of esters is 1. The van der Waals surface area contributed by atoms with E-state index in [1.165, 1.54) is 39.5 Å². The van der Waals surface area contributed by atoms with Gasteiger partial charge in [-0.2, -0.15) is 0 Å². The minimum Gasteiger partial charge on any atom is -0.508 e. The molecule has 26 heavy (non-hydrogen) atoms. The zero-order valence-electron chi connectivity index (χ0n) is 14.6. The van der Waals surface area contributed by atoms with Gasteiger partial charge in [0.15, 0.2) is 23.1 Å². The highest BCUT2D eigenvalue weighted by Crippen LogP contribution is 2.44. The molecule has 134 valence electrons. The molecule has 0 spiro atoms. The number of aromatic hydroxyl groups is 1. The van der Waals surface area contributed by atoms with Gasteiger partial charge in [-0.15, -0.1) is 0 Å². The SMILES string of the molecule is COC(=O)c1c(C)c2c(c(OC)c1OC)C(=O)c1cc(O)ccc1C2=O. The summed E-state index contributed by atoms with van der Waals surface area (Å²) in [5.74, 6) is -1.81. The highest BCUT2D eigenvalue weighted by atomic mass is 16.5. The van der Waals surface area contributed by atoms with Gasteiger partial charge in [0.05, 0.1) is 26.9 Å². The van der Waals surface area contributed by atoms with Crippen molar-refractivity contribution in [2.75, 3.05) is 21.3 Å². The van der Waals surface area contributed by atoms with E-state index in [-0.39, 0.29) is 50.6 Å². The van der Waals surface area contributed by atoms with Crippen LogP contribution in [0.25, 0.3) is 0 Å². The van der Waals surface area contributed by atoms with E-state index in [4.69, 9.17) is 14.2 Å². The Morgan fingerprint density at radius 3 is 2.12 bits per heavy atom. The topological polar surface area (TPSA) is 99.1 Å². The van der Waals surface area contributed by atoms with Crippen LogP contribution in [0.4, 0.5) is 0 Å². The number of hydrogen-bond acceptors (Lipinski definition) is 7. The van der Waals surface area contributed by atoms with E-state index < -0.39 is 17.5 Å². The standard InChI is InChI=1S/C19H16O7/c1-8-12-14(18(25-3)17(24-2)13(8)19(23)26-4)16(22)11-7-9(20)5-6-10(11)15(12)21/h5-7,20H,1-4H3. The number of phenols is 1. The molecule has 0 amide bonds. The van der Waals surface area contributed by atoms with Gasteiger partial charge in [0, 0.05) is 16.7 Å². The summed E-state index contributed by atoms with van der Waals surface area (Å²) in [5, 5.41) is 9.69. The summed E-state index contributed by atoms with van der Waals surface area (Å²) in [6.45, 7) is 1.55. The summed E-state index contributed by atoms with van der Waals surface area (Å²) >= 11 is 0. The largest absolute Gasteiger partial charge is 0.508 e. The molecule has 0 unspecified atom stereocenters. The molecule has 3 rings (SSSR count). The van der Waals surface area contributed by atoms with Crippen LogP contribution >= 0.6 is 0 Å². The van der Waals surface area contributed by atoms with Crippen LogP contribution < -0.4 is 9.47 Å².